The number of ether oxygens (including phenoxy) is 1. The van der Waals surface area contributed by atoms with Gasteiger partial charge in [-0.3, -0.25) is 14.4 Å². The summed E-state index contributed by atoms with van der Waals surface area (Å²) < 4.78 is 5.24. The zero-order valence-electron chi connectivity index (χ0n) is 19.3. The number of benzene rings is 3. The normalized spacial score (nSPS) is 21.6. The molecule has 0 bridgehead atoms. The predicted octanol–water partition coefficient (Wildman–Crippen LogP) is 3.50. The standard InChI is InChI=1S/C28H28N2O4/c1-29-27(32)26-23(20-14-8-4-9-15-20)24(28(33)34-2)25(21-16-10-5-11-17-21)30(26)22(31)18-19-12-6-3-7-13-19/h3-17,23-26H,18H2,1-2H3,(H,29,32). The summed E-state index contributed by atoms with van der Waals surface area (Å²) in [6.45, 7) is 0. The Morgan fingerprint density at radius 3 is 1.88 bits per heavy atom. The van der Waals surface area contributed by atoms with E-state index in [1.807, 2.05) is 91.0 Å². The lowest BCUT2D eigenvalue weighted by atomic mass is 9.80. The van der Waals surface area contributed by atoms with E-state index in [4.69, 9.17) is 4.74 Å². The Balaban J connectivity index is 1.90. The quantitative estimate of drug-likeness (QED) is 0.576. The van der Waals surface area contributed by atoms with Crippen molar-refractivity contribution in [2.24, 2.45) is 5.92 Å². The minimum Gasteiger partial charge on any atom is -0.469 e. The fraction of sp³-hybridized carbons (Fsp3) is 0.250. The van der Waals surface area contributed by atoms with Gasteiger partial charge in [0.25, 0.3) is 0 Å². The van der Waals surface area contributed by atoms with Crippen LogP contribution < -0.4 is 5.32 Å². The highest BCUT2D eigenvalue weighted by Crippen LogP contribution is 2.50. The second kappa shape index (κ2) is 10.3. The Morgan fingerprint density at radius 1 is 0.824 bits per heavy atom. The van der Waals surface area contributed by atoms with Crippen LogP contribution in [0.4, 0.5) is 0 Å². The highest BCUT2D eigenvalue weighted by molar-refractivity contribution is 5.93. The molecule has 0 aliphatic carbocycles. The van der Waals surface area contributed by atoms with Crippen LogP contribution in [0, 0.1) is 5.92 Å². The van der Waals surface area contributed by atoms with Gasteiger partial charge in [0.1, 0.15) is 6.04 Å². The Bertz CT molecular complexity index is 1130. The largest absolute Gasteiger partial charge is 0.469 e. The van der Waals surface area contributed by atoms with Crippen LogP contribution in [0.2, 0.25) is 0 Å². The zero-order chi connectivity index (χ0) is 24.1. The minimum atomic E-state index is -0.877. The van der Waals surface area contributed by atoms with E-state index in [9.17, 15) is 14.4 Å². The van der Waals surface area contributed by atoms with Crippen molar-refractivity contribution >= 4 is 17.8 Å². The topological polar surface area (TPSA) is 75.7 Å². The van der Waals surface area contributed by atoms with Crippen LogP contribution in [-0.4, -0.2) is 42.9 Å². The number of carbonyl (C=O) groups excluding carboxylic acids is 3. The molecule has 1 aliphatic heterocycles. The SMILES string of the molecule is CNC(=O)C1C(c2ccccc2)C(C(=O)OC)C(c2ccccc2)N1C(=O)Cc1ccccc1. The van der Waals surface area contributed by atoms with Crippen molar-refractivity contribution in [1.29, 1.82) is 0 Å². The molecule has 1 heterocycles. The fourth-order valence-corrected chi connectivity index (χ4v) is 5.02. The molecule has 1 N–H and O–H groups in total. The third-order valence-electron chi connectivity index (χ3n) is 6.47. The number of likely N-dealkylation sites (N-methyl/N-ethyl adjacent to an activating group) is 1. The molecule has 0 radical (unpaired) electrons. The van der Waals surface area contributed by atoms with Crippen molar-refractivity contribution in [3.63, 3.8) is 0 Å². The number of nitrogens with one attached hydrogen (secondary N) is 1. The van der Waals surface area contributed by atoms with Crippen LogP contribution in [0.15, 0.2) is 91.0 Å². The van der Waals surface area contributed by atoms with Gasteiger partial charge in [0.2, 0.25) is 11.8 Å². The molecule has 6 heteroatoms. The van der Waals surface area contributed by atoms with Gasteiger partial charge in [-0.1, -0.05) is 91.0 Å². The highest BCUT2D eigenvalue weighted by atomic mass is 16.5. The number of nitrogens with zero attached hydrogens (tertiary/aromatic N) is 1. The van der Waals surface area contributed by atoms with E-state index < -0.39 is 29.9 Å². The molecule has 0 spiro atoms. The molecule has 4 rings (SSSR count). The van der Waals surface area contributed by atoms with E-state index in [1.54, 1.807) is 11.9 Å². The number of hydrogen-bond acceptors (Lipinski definition) is 4. The molecular formula is C28H28N2O4. The van der Waals surface area contributed by atoms with Crippen LogP contribution in [0.3, 0.4) is 0 Å². The Morgan fingerprint density at radius 2 is 1.35 bits per heavy atom. The van der Waals surface area contributed by atoms with Crippen LogP contribution in [-0.2, 0) is 25.5 Å². The van der Waals surface area contributed by atoms with E-state index in [0.29, 0.717) is 0 Å². The average Bonchev–Trinajstić information content (AvgIpc) is 3.25. The van der Waals surface area contributed by atoms with Crippen molar-refractivity contribution in [1.82, 2.24) is 10.2 Å². The second-order valence-corrected chi connectivity index (χ2v) is 8.36. The van der Waals surface area contributed by atoms with Crippen LogP contribution >= 0.6 is 0 Å². The van der Waals surface area contributed by atoms with Gasteiger partial charge in [-0.05, 0) is 16.7 Å². The third-order valence-corrected chi connectivity index (χ3v) is 6.47. The summed E-state index contributed by atoms with van der Waals surface area (Å²) in [5, 5.41) is 2.72. The van der Waals surface area contributed by atoms with Crippen molar-refractivity contribution in [3.05, 3.63) is 108 Å². The minimum absolute atomic E-state index is 0.118. The van der Waals surface area contributed by atoms with Gasteiger partial charge in [0.05, 0.1) is 25.5 Å². The summed E-state index contributed by atoms with van der Waals surface area (Å²) in [4.78, 5) is 42.1. The summed E-state index contributed by atoms with van der Waals surface area (Å²) in [6.07, 6.45) is 0.118. The lowest BCUT2D eigenvalue weighted by Gasteiger charge is -2.31. The number of likely N-dealkylation sites (tertiary alicyclic amines) is 1. The summed E-state index contributed by atoms with van der Waals surface area (Å²) in [5.41, 5.74) is 2.43. The van der Waals surface area contributed by atoms with E-state index in [-0.39, 0.29) is 18.2 Å². The van der Waals surface area contributed by atoms with E-state index in [0.717, 1.165) is 16.7 Å². The second-order valence-electron chi connectivity index (χ2n) is 8.36. The molecular weight excluding hydrogens is 428 g/mol. The Labute approximate surface area is 199 Å². The average molecular weight is 457 g/mol. The summed E-state index contributed by atoms with van der Waals surface area (Å²) >= 11 is 0. The first-order valence-electron chi connectivity index (χ1n) is 11.3. The maximum Gasteiger partial charge on any atom is 0.311 e. The molecule has 174 valence electrons. The summed E-state index contributed by atoms with van der Waals surface area (Å²) in [5.74, 6) is -2.31. The lowest BCUT2D eigenvalue weighted by molar-refractivity contribution is -0.147. The highest BCUT2D eigenvalue weighted by Gasteiger charge is 2.57. The Kier molecular flexibility index (Phi) is 7.07. The summed E-state index contributed by atoms with van der Waals surface area (Å²) in [6, 6.07) is 26.7. The first-order chi connectivity index (χ1) is 16.6. The molecule has 0 aromatic heterocycles. The lowest BCUT2D eigenvalue weighted by Crippen LogP contribution is -2.48. The molecule has 2 amide bonds. The number of hydrogen-bond donors (Lipinski definition) is 1. The van der Waals surface area contributed by atoms with E-state index >= 15 is 0 Å². The molecule has 4 atom stereocenters. The first-order valence-corrected chi connectivity index (χ1v) is 11.3. The molecule has 1 saturated heterocycles. The first kappa shape index (κ1) is 23.2. The zero-order valence-corrected chi connectivity index (χ0v) is 19.3. The number of rotatable bonds is 6. The summed E-state index contributed by atoms with van der Waals surface area (Å²) in [7, 11) is 2.89. The molecule has 3 aromatic carbocycles. The van der Waals surface area contributed by atoms with Crippen molar-refractivity contribution < 1.29 is 19.1 Å². The van der Waals surface area contributed by atoms with Gasteiger partial charge < -0.3 is 15.0 Å². The van der Waals surface area contributed by atoms with E-state index in [2.05, 4.69) is 5.32 Å². The van der Waals surface area contributed by atoms with Crippen LogP contribution in [0.25, 0.3) is 0 Å². The Hall–Kier alpha value is -3.93. The smallest absolute Gasteiger partial charge is 0.311 e. The molecule has 3 aromatic rings. The molecule has 4 unspecified atom stereocenters. The van der Waals surface area contributed by atoms with Gasteiger partial charge in [-0.25, -0.2) is 0 Å². The number of methoxy groups -OCH3 is 1. The molecule has 6 nitrogen and oxygen atoms in total. The third kappa shape index (κ3) is 4.44. The maximum absolute atomic E-state index is 13.9. The molecule has 34 heavy (non-hydrogen) atoms. The predicted molar refractivity (Wildman–Crippen MR) is 129 cm³/mol. The van der Waals surface area contributed by atoms with Crippen molar-refractivity contribution in [2.45, 2.75) is 24.4 Å². The van der Waals surface area contributed by atoms with Crippen molar-refractivity contribution in [2.75, 3.05) is 14.2 Å². The molecule has 1 fully saturated rings. The van der Waals surface area contributed by atoms with Crippen LogP contribution in [0.1, 0.15) is 28.7 Å². The van der Waals surface area contributed by atoms with Gasteiger partial charge in [-0.15, -0.1) is 0 Å². The van der Waals surface area contributed by atoms with Gasteiger partial charge in [0.15, 0.2) is 0 Å². The molecule has 1 aliphatic rings. The molecule has 0 saturated carbocycles. The number of esters is 1. The van der Waals surface area contributed by atoms with Gasteiger partial charge in [0, 0.05) is 13.0 Å². The fourth-order valence-electron chi connectivity index (χ4n) is 5.02. The van der Waals surface area contributed by atoms with E-state index in [1.165, 1.54) is 7.11 Å². The monoisotopic (exact) mass is 456 g/mol. The van der Waals surface area contributed by atoms with Crippen molar-refractivity contribution in [3.8, 4) is 0 Å². The number of carbonyl (C=O) groups is 3. The van der Waals surface area contributed by atoms with Crippen LogP contribution in [0.5, 0.6) is 0 Å². The van der Waals surface area contributed by atoms with Gasteiger partial charge in [-0.2, -0.15) is 0 Å². The number of amides is 2. The van der Waals surface area contributed by atoms with Gasteiger partial charge >= 0.3 is 5.97 Å². The maximum atomic E-state index is 13.9.